The molecule has 2 aromatic carbocycles. The van der Waals surface area contributed by atoms with Gasteiger partial charge in [0, 0.05) is 39.1 Å². The number of halogens is 1. The van der Waals surface area contributed by atoms with Crippen LogP contribution in [0.5, 0.6) is 0 Å². The summed E-state index contributed by atoms with van der Waals surface area (Å²) in [7, 11) is -3.82. The summed E-state index contributed by atoms with van der Waals surface area (Å²) in [6.07, 6.45) is 1.54. The molecule has 3 N–H and O–H groups in total. The van der Waals surface area contributed by atoms with Crippen molar-refractivity contribution in [2.24, 2.45) is 5.92 Å². The number of nitrogens with one attached hydrogen (secondary N) is 1. The van der Waals surface area contributed by atoms with Crippen LogP contribution in [-0.4, -0.2) is 40.4 Å². The van der Waals surface area contributed by atoms with Gasteiger partial charge in [-0.1, -0.05) is 32.9 Å². The van der Waals surface area contributed by atoms with Crippen molar-refractivity contribution in [1.29, 1.82) is 0 Å². The van der Waals surface area contributed by atoms with Crippen molar-refractivity contribution in [3.8, 4) is 0 Å². The fourth-order valence-electron chi connectivity index (χ4n) is 3.73. The molecule has 176 valence electrons. The van der Waals surface area contributed by atoms with Crippen LogP contribution in [-0.2, 0) is 21.2 Å². The van der Waals surface area contributed by atoms with E-state index in [0.29, 0.717) is 44.0 Å². The Labute approximate surface area is 191 Å². The van der Waals surface area contributed by atoms with Crippen molar-refractivity contribution in [3.05, 3.63) is 48.0 Å². The van der Waals surface area contributed by atoms with Crippen LogP contribution >= 0.6 is 0 Å². The van der Waals surface area contributed by atoms with Crippen molar-refractivity contribution in [3.63, 3.8) is 0 Å². The van der Waals surface area contributed by atoms with Crippen molar-refractivity contribution in [2.45, 2.75) is 50.6 Å². The normalized spacial score (nSPS) is 16.2. The number of nitrogens with zero attached hydrogens (tertiary/aromatic N) is 1. The van der Waals surface area contributed by atoms with E-state index in [-0.39, 0.29) is 23.0 Å². The van der Waals surface area contributed by atoms with Crippen molar-refractivity contribution < 1.29 is 17.5 Å². The Hall–Kier alpha value is -2.32. The monoisotopic (exact) mass is 463 g/mol. The molecule has 0 aromatic heterocycles. The standard InChI is InChI=1S/C24H34FN3O3S/c1-4-19-5-7-20(8-6-19)28(16-18(2)3)32(29,30)21-9-10-23(22(26)15-21)27-17-24(25)11-13-31-14-12-24/h5-10,15,18,27H,4,11-14,16-17,26H2,1-3H3. The lowest BCUT2D eigenvalue weighted by atomic mass is 9.96. The molecule has 1 aliphatic rings. The third-order valence-electron chi connectivity index (χ3n) is 5.76. The van der Waals surface area contributed by atoms with Gasteiger partial charge in [-0.05, 0) is 48.2 Å². The predicted octanol–water partition coefficient (Wildman–Crippen LogP) is 4.61. The average molecular weight is 464 g/mol. The molecule has 8 heteroatoms. The highest BCUT2D eigenvalue weighted by Gasteiger charge is 2.32. The molecule has 0 amide bonds. The molecule has 1 fully saturated rings. The first-order chi connectivity index (χ1) is 15.1. The van der Waals surface area contributed by atoms with Gasteiger partial charge in [-0.3, -0.25) is 4.31 Å². The molecule has 0 aliphatic carbocycles. The second-order valence-corrected chi connectivity index (χ2v) is 10.7. The van der Waals surface area contributed by atoms with E-state index in [0.717, 1.165) is 12.0 Å². The maximum atomic E-state index is 14.8. The maximum Gasteiger partial charge on any atom is 0.264 e. The summed E-state index contributed by atoms with van der Waals surface area (Å²) in [5.74, 6) is 0.133. The van der Waals surface area contributed by atoms with E-state index in [4.69, 9.17) is 10.5 Å². The van der Waals surface area contributed by atoms with Gasteiger partial charge < -0.3 is 15.8 Å². The van der Waals surface area contributed by atoms with Gasteiger partial charge in [-0.15, -0.1) is 0 Å². The number of aryl methyl sites for hydroxylation is 1. The summed E-state index contributed by atoms with van der Waals surface area (Å²) in [6.45, 7) is 7.27. The van der Waals surface area contributed by atoms with Crippen LogP contribution in [0.4, 0.5) is 21.5 Å². The zero-order chi connectivity index (χ0) is 23.4. The Morgan fingerprint density at radius 2 is 1.81 bits per heavy atom. The van der Waals surface area contributed by atoms with Crippen molar-refractivity contribution >= 4 is 27.1 Å². The Balaban J connectivity index is 1.83. The minimum Gasteiger partial charge on any atom is -0.397 e. The molecule has 32 heavy (non-hydrogen) atoms. The van der Waals surface area contributed by atoms with E-state index in [9.17, 15) is 12.8 Å². The second-order valence-electron chi connectivity index (χ2n) is 8.82. The Morgan fingerprint density at radius 3 is 2.38 bits per heavy atom. The van der Waals surface area contributed by atoms with Gasteiger partial charge in [-0.2, -0.15) is 0 Å². The number of benzene rings is 2. The Morgan fingerprint density at radius 1 is 1.16 bits per heavy atom. The minimum atomic E-state index is -3.82. The van der Waals surface area contributed by atoms with E-state index in [1.54, 1.807) is 6.07 Å². The van der Waals surface area contributed by atoms with Gasteiger partial charge in [0.25, 0.3) is 10.0 Å². The summed E-state index contributed by atoms with van der Waals surface area (Å²) in [5, 5.41) is 3.04. The van der Waals surface area contributed by atoms with Crippen molar-refractivity contribution in [2.75, 3.05) is 41.7 Å². The summed E-state index contributed by atoms with van der Waals surface area (Å²) < 4.78 is 48.5. The Bertz CT molecular complexity index is 1000. The van der Waals surface area contributed by atoms with Crippen LogP contribution in [0.2, 0.25) is 0 Å². The molecule has 3 rings (SSSR count). The first-order valence-electron chi connectivity index (χ1n) is 11.2. The molecule has 6 nitrogen and oxygen atoms in total. The number of alkyl halides is 1. The van der Waals surface area contributed by atoms with Crippen LogP contribution in [0, 0.1) is 5.92 Å². The third-order valence-corrected chi connectivity index (χ3v) is 7.55. The average Bonchev–Trinajstić information content (AvgIpc) is 2.77. The smallest absolute Gasteiger partial charge is 0.264 e. The molecular formula is C24H34FN3O3S. The van der Waals surface area contributed by atoms with Crippen LogP contribution in [0.25, 0.3) is 0 Å². The van der Waals surface area contributed by atoms with Gasteiger partial charge in [0.1, 0.15) is 5.67 Å². The van der Waals surface area contributed by atoms with Crippen LogP contribution in [0.3, 0.4) is 0 Å². The summed E-state index contributed by atoms with van der Waals surface area (Å²) in [4.78, 5) is 0.113. The molecule has 0 atom stereocenters. The summed E-state index contributed by atoms with van der Waals surface area (Å²) in [6, 6.07) is 12.2. The predicted molar refractivity (Wildman–Crippen MR) is 128 cm³/mol. The number of hydrogen-bond donors (Lipinski definition) is 2. The molecule has 0 radical (unpaired) electrons. The fraction of sp³-hybridized carbons (Fsp3) is 0.500. The largest absolute Gasteiger partial charge is 0.397 e. The van der Waals surface area contributed by atoms with Crippen LogP contribution < -0.4 is 15.4 Å². The number of ether oxygens (including phenoxy) is 1. The minimum absolute atomic E-state index is 0.107. The highest BCUT2D eigenvalue weighted by Crippen LogP contribution is 2.31. The molecule has 0 bridgehead atoms. The molecule has 0 unspecified atom stereocenters. The van der Waals surface area contributed by atoms with E-state index in [1.807, 2.05) is 38.1 Å². The molecular weight excluding hydrogens is 429 g/mol. The summed E-state index contributed by atoms with van der Waals surface area (Å²) >= 11 is 0. The maximum absolute atomic E-state index is 14.8. The van der Waals surface area contributed by atoms with E-state index in [1.165, 1.54) is 16.4 Å². The van der Waals surface area contributed by atoms with Gasteiger partial charge >= 0.3 is 0 Å². The molecule has 1 saturated heterocycles. The number of nitrogens with two attached hydrogens (primary N) is 1. The topological polar surface area (TPSA) is 84.7 Å². The molecule has 1 heterocycles. The molecule has 0 spiro atoms. The number of anilines is 3. The van der Waals surface area contributed by atoms with Gasteiger partial charge in [0.05, 0.1) is 22.0 Å². The zero-order valence-electron chi connectivity index (χ0n) is 19.1. The quantitative estimate of drug-likeness (QED) is 0.531. The first kappa shape index (κ1) is 24.3. The lowest BCUT2D eigenvalue weighted by Crippen LogP contribution is -2.38. The number of rotatable bonds is 9. The number of sulfonamides is 1. The number of nitrogen functional groups attached to an aromatic ring is 1. The molecule has 2 aromatic rings. The fourth-order valence-corrected chi connectivity index (χ4v) is 5.39. The highest BCUT2D eigenvalue weighted by molar-refractivity contribution is 7.92. The first-order valence-corrected chi connectivity index (χ1v) is 12.6. The molecule has 0 saturated carbocycles. The SMILES string of the molecule is CCc1ccc(N(CC(C)C)S(=O)(=O)c2ccc(NCC3(F)CCOCC3)c(N)c2)cc1. The van der Waals surface area contributed by atoms with Crippen molar-refractivity contribution in [1.82, 2.24) is 0 Å². The summed E-state index contributed by atoms with van der Waals surface area (Å²) in [5.41, 5.74) is 7.37. The van der Waals surface area contributed by atoms with E-state index in [2.05, 4.69) is 12.2 Å². The third kappa shape index (κ3) is 5.72. The van der Waals surface area contributed by atoms with Crippen LogP contribution in [0.1, 0.15) is 39.2 Å². The second kappa shape index (κ2) is 10.1. The molecule has 1 aliphatic heterocycles. The van der Waals surface area contributed by atoms with Gasteiger partial charge in [0.15, 0.2) is 0 Å². The van der Waals surface area contributed by atoms with E-state index < -0.39 is 15.7 Å². The lowest BCUT2D eigenvalue weighted by molar-refractivity contribution is -0.00114. The van der Waals surface area contributed by atoms with Gasteiger partial charge in [-0.25, -0.2) is 12.8 Å². The number of hydrogen-bond acceptors (Lipinski definition) is 5. The van der Waals surface area contributed by atoms with Gasteiger partial charge in [0.2, 0.25) is 0 Å². The lowest BCUT2D eigenvalue weighted by Gasteiger charge is -2.30. The Kier molecular flexibility index (Phi) is 7.67. The highest BCUT2D eigenvalue weighted by atomic mass is 32.2. The van der Waals surface area contributed by atoms with Crippen LogP contribution in [0.15, 0.2) is 47.4 Å². The zero-order valence-corrected chi connectivity index (χ0v) is 19.9. The van der Waals surface area contributed by atoms with E-state index >= 15 is 0 Å².